The Morgan fingerprint density at radius 3 is 2.61 bits per heavy atom. The molecule has 0 saturated heterocycles. The number of benzene rings is 1. The fourth-order valence-corrected chi connectivity index (χ4v) is 2.63. The molecule has 2 rings (SSSR count). The fourth-order valence-electron chi connectivity index (χ4n) is 2.29. The Morgan fingerprint density at radius 2 is 1.83 bits per heavy atom. The molecular weight excluding hydrogens is 304 g/mol. The van der Waals surface area contributed by atoms with Gasteiger partial charge in [0.05, 0.1) is 22.3 Å². The maximum Gasteiger partial charge on any atom is 0.149 e. The van der Waals surface area contributed by atoms with Crippen molar-refractivity contribution < 1.29 is 13.9 Å². The van der Waals surface area contributed by atoms with Crippen molar-refractivity contribution in [3.8, 4) is 0 Å². The fraction of sp³-hybridized carbons (Fsp3) is 0.538. The van der Waals surface area contributed by atoms with Crippen LogP contribution in [0.5, 0.6) is 0 Å². The van der Waals surface area contributed by atoms with Gasteiger partial charge in [0.25, 0.3) is 0 Å². The van der Waals surface area contributed by atoms with Crippen LogP contribution in [0.2, 0.25) is 0 Å². The smallest absolute Gasteiger partial charge is 0.149 e. The lowest BCUT2D eigenvalue weighted by Crippen LogP contribution is -2.32. The SMILES string of the molecule is OC1CCCCCC1Nc1cc(Br)c(F)cc1F. The van der Waals surface area contributed by atoms with E-state index in [4.69, 9.17) is 0 Å². The highest BCUT2D eigenvalue weighted by Gasteiger charge is 2.22. The summed E-state index contributed by atoms with van der Waals surface area (Å²) in [6, 6.07) is 2.05. The summed E-state index contributed by atoms with van der Waals surface area (Å²) in [5.41, 5.74) is 0.231. The van der Waals surface area contributed by atoms with Gasteiger partial charge in [-0.05, 0) is 34.8 Å². The lowest BCUT2D eigenvalue weighted by atomic mass is 10.1. The van der Waals surface area contributed by atoms with Gasteiger partial charge in [0.1, 0.15) is 11.6 Å². The van der Waals surface area contributed by atoms with Crippen LogP contribution in [0.25, 0.3) is 0 Å². The van der Waals surface area contributed by atoms with Gasteiger partial charge in [-0.25, -0.2) is 8.78 Å². The average molecular weight is 320 g/mol. The first-order valence-corrected chi connectivity index (χ1v) is 6.96. The van der Waals surface area contributed by atoms with Gasteiger partial charge in [-0.1, -0.05) is 19.3 Å². The van der Waals surface area contributed by atoms with E-state index in [9.17, 15) is 13.9 Å². The number of aliphatic hydroxyl groups is 1. The highest BCUT2D eigenvalue weighted by Crippen LogP contribution is 2.27. The van der Waals surface area contributed by atoms with Crippen molar-refractivity contribution in [2.75, 3.05) is 5.32 Å². The molecule has 2 N–H and O–H groups in total. The quantitative estimate of drug-likeness (QED) is 0.641. The van der Waals surface area contributed by atoms with Gasteiger partial charge < -0.3 is 10.4 Å². The minimum atomic E-state index is -0.632. The number of hydrogen-bond acceptors (Lipinski definition) is 2. The molecule has 2 atom stereocenters. The van der Waals surface area contributed by atoms with Crippen LogP contribution in [0.4, 0.5) is 14.5 Å². The molecular formula is C13H16BrF2NO. The summed E-state index contributed by atoms with van der Waals surface area (Å²) in [5.74, 6) is -1.26. The van der Waals surface area contributed by atoms with E-state index in [1.54, 1.807) is 0 Å². The van der Waals surface area contributed by atoms with Crippen LogP contribution < -0.4 is 5.32 Å². The Balaban J connectivity index is 2.14. The third-order valence-corrected chi connectivity index (χ3v) is 3.94. The van der Waals surface area contributed by atoms with Gasteiger partial charge >= 0.3 is 0 Å². The summed E-state index contributed by atoms with van der Waals surface area (Å²) >= 11 is 3.03. The molecule has 1 aliphatic carbocycles. The van der Waals surface area contributed by atoms with Crippen LogP contribution in [0.1, 0.15) is 32.1 Å². The Bertz CT molecular complexity index is 428. The van der Waals surface area contributed by atoms with Crippen LogP contribution in [0, 0.1) is 11.6 Å². The molecule has 2 nitrogen and oxygen atoms in total. The number of halogens is 3. The summed E-state index contributed by atoms with van der Waals surface area (Å²) in [6.07, 6.45) is 4.14. The normalized spacial score (nSPS) is 24.7. The minimum absolute atomic E-state index is 0.167. The molecule has 1 saturated carbocycles. The first kappa shape index (κ1) is 13.7. The molecule has 0 amide bonds. The number of nitrogens with one attached hydrogen (secondary N) is 1. The predicted octanol–water partition coefficient (Wildman–Crippen LogP) is 3.83. The Kier molecular flexibility index (Phi) is 4.56. The summed E-state index contributed by atoms with van der Waals surface area (Å²) in [5, 5.41) is 12.9. The van der Waals surface area contributed by atoms with Gasteiger partial charge in [0.2, 0.25) is 0 Å². The monoisotopic (exact) mass is 319 g/mol. The molecule has 5 heteroatoms. The van der Waals surface area contributed by atoms with E-state index in [1.807, 2.05) is 0 Å². The van der Waals surface area contributed by atoms with Crippen LogP contribution in [0.15, 0.2) is 16.6 Å². The van der Waals surface area contributed by atoms with E-state index < -0.39 is 17.7 Å². The largest absolute Gasteiger partial charge is 0.391 e. The van der Waals surface area contributed by atoms with Gasteiger partial charge in [0, 0.05) is 6.07 Å². The van der Waals surface area contributed by atoms with Crippen LogP contribution in [-0.2, 0) is 0 Å². The van der Waals surface area contributed by atoms with Crippen molar-refractivity contribution in [2.45, 2.75) is 44.2 Å². The second-order valence-corrected chi connectivity index (χ2v) is 5.56. The van der Waals surface area contributed by atoms with Crippen molar-refractivity contribution in [1.29, 1.82) is 0 Å². The second kappa shape index (κ2) is 5.97. The first-order valence-electron chi connectivity index (χ1n) is 6.17. The molecule has 18 heavy (non-hydrogen) atoms. The third-order valence-electron chi connectivity index (χ3n) is 3.33. The Labute approximate surface area is 114 Å². The average Bonchev–Trinajstić information content (AvgIpc) is 2.52. The molecule has 0 aromatic heterocycles. The van der Waals surface area contributed by atoms with E-state index in [-0.39, 0.29) is 16.2 Å². The topological polar surface area (TPSA) is 32.3 Å². The molecule has 0 heterocycles. The Morgan fingerprint density at radius 1 is 1.11 bits per heavy atom. The third kappa shape index (κ3) is 3.20. The van der Waals surface area contributed by atoms with Gasteiger partial charge in [0.15, 0.2) is 0 Å². The molecule has 1 aliphatic rings. The standard InChI is InChI=1S/C13H16BrF2NO/c14-8-6-12(10(16)7-9(8)15)17-11-4-2-1-3-5-13(11)18/h6-7,11,13,17-18H,1-5H2. The predicted molar refractivity (Wildman–Crippen MR) is 70.6 cm³/mol. The molecule has 1 aromatic carbocycles. The van der Waals surface area contributed by atoms with Crippen molar-refractivity contribution >= 4 is 21.6 Å². The zero-order valence-electron chi connectivity index (χ0n) is 9.93. The highest BCUT2D eigenvalue weighted by molar-refractivity contribution is 9.10. The maximum absolute atomic E-state index is 13.6. The van der Waals surface area contributed by atoms with E-state index >= 15 is 0 Å². The van der Waals surface area contributed by atoms with Gasteiger partial charge in [-0.15, -0.1) is 0 Å². The maximum atomic E-state index is 13.6. The van der Waals surface area contributed by atoms with E-state index in [2.05, 4.69) is 21.2 Å². The van der Waals surface area contributed by atoms with Gasteiger partial charge in [-0.2, -0.15) is 0 Å². The Hall–Kier alpha value is -0.680. The molecule has 0 aliphatic heterocycles. The molecule has 0 bridgehead atoms. The minimum Gasteiger partial charge on any atom is -0.391 e. The van der Waals surface area contributed by atoms with Crippen molar-refractivity contribution in [3.63, 3.8) is 0 Å². The molecule has 0 spiro atoms. The molecule has 1 aromatic rings. The number of aliphatic hydroxyl groups excluding tert-OH is 1. The highest BCUT2D eigenvalue weighted by atomic mass is 79.9. The molecule has 100 valence electrons. The molecule has 1 fully saturated rings. The number of anilines is 1. The van der Waals surface area contributed by atoms with Crippen molar-refractivity contribution in [2.24, 2.45) is 0 Å². The van der Waals surface area contributed by atoms with Crippen LogP contribution >= 0.6 is 15.9 Å². The molecule has 2 unspecified atom stereocenters. The van der Waals surface area contributed by atoms with Crippen molar-refractivity contribution in [3.05, 3.63) is 28.2 Å². The lowest BCUT2D eigenvalue weighted by Gasteiger charge is -2.23. The van der Waals surface area contributed by atoms with E-state index in [0.717, 1.165) is 38.2 Å². The second-order valence-electron chi connectivity index (χ2n) is 4.70. The summed E-state index contributed by atoms with van der Waals surface area (Å²) in [6.45, 7) is 0. The van der Waals surface area contributed by atoms with E-state index in [0.29, 0.717) is 0 Å². The lowest BCUT2D eigenvalue weighted by molar-refractivity contribution is 0.144. The zero-order chi connectivity index (χ0) is 13.1. The van der Waals surface area contributed by atoms with Gasteiger partial charge in [-0.3, -0.25) is 0 Å². The van der Waals surface area contributed by atoms with Crippen LogP contribution in [-0.4, -0.2) is 17.3 Å². The van der Waals surface area contributed by atoms with Crippen molar-refractivity contribution in [1.82, 2.24) is 0 Å². The first-order chi connectivity index (χ1) is 8.58. The number of rotatable bonds is 2. The van der Waals surface area contributed by atoms with E-state index in [1.165, 1.54) is 6.07 Å². The summed E-state index contributed by atoms with van der Waals surface area (Å²) in [4.78, 5) is 0. The summed E-state index contributed by atoms with van der Waals surface area (Å²) < 4.78 is 26.9. The molecule has 0 radical (unpaired) electrons. The zero-order valence-corrected chi connectivity index (χ0v) is 11.5. The summed E-state index contributed by atoms with van der Waals surface area (Å²) in [7, 11) is 0. The van der Waals surface area contributed by atoms with Crippen LogP contribution in [0.3, 0.4) is 0 Å². The number of hydrogen-bond donors (Lipinski definition) is 2.